The summed E-state index contributed by atoms with van der Waals surface area (Å²) in [4.78, 5) is 3.70. The van der Waals surface area contributed by atoms with Crippen LogP contribution in [0.2, 0.25) is 5.02 Å². The molecule has 23 heavy (non-hydrogen) atoms. The quantitative estimate of drug-likeness (QED) is 0.629. The van der Waals surface area contributed by atoms with Crippen molar-refractivity contribution in [1.29, 1.82) is 0 Å². The second kappa shape index (κ2) is 5.67. The van der Waals surface area contributed by atoms with Gasteiger partial charge in [0, 0.05) is 23.5 Å². The number of halogens is 8. The molecule has 2 aromatic rings. The molecule has 2 rings (SSSR count). The first-order chi connectivity index (χ1) is 10.5. The number of aromatic nitrogens is 1. The second-order valence-electron chi connectivity index (χ2n) is 4.59. The average molecular weight is 358 g/mol. The second-order valence-corrected chi connectivity index (χ2v) is 4.99. The van der Waals surface area contributed by atoms with Crippen molar-refractivity contribution in [2.24, 2.45) is 0 Å². The molecule has 0 radical (unpaired) electrons. The summed E-state index contributed by atoms with van der Waals surface area (Å²) in [5.74, 6) is 0. The SMILES string of the molecule is FC(F)(F)C(F)(c1ccc(-c2ccncc2Cl)cc1)C(F)(F)F. The molecule has 0 saturated heterocycles. The van der Waals surface area contributed by atoms with Crippen LogP contribution in [0.15, 0.2) is 42.7 Å². The maximum Gasteiger partial charge on any atom is 0.435 e. The van der Waals surface area contributed by atoms with Crippen LogP contribution in [0.5, 0.6) is 0 Å². The van der Waals surface area contributed by atoms with Crippen LogP contribution < -0.4 is 0 Å². The molecule has 0 spiro atoms. The van der Waals surface area contributed by atoms with Gasteiger partial charge < -0.3 is 0 Å². The molecule has 0 aliphatic heterocycles. The van der Waals surface area contributed by atoms with E-state index >= 15 is 0 Å². The van der Waals surface area contributed by atoms with E-state index in [1.54, 1.807) is 0 Å². The number of nitrogens with zero attached hydrogens (tertiary/aromatic N) is 1. The molecule has 1 aromatic heterocycles. The Balaban J connectivity index is 2.52. The van der Waals surface area contributed by atoms with Gasteiger partial charge >= 0.3 is 18.0 Å². The Labute approximate surface area is 130 Å². The Bertz CT molecular complexity index is 678. The molecular formula is C14H7ClF7N. The molecule has 0 amide bonds. The van der Waals surface area contributed by atoms with Gasteiger partial charge in [0.05, 0.1) is 5.02 Å². The topological polar surface area (TPSA) is 12.9 Å². The lowest BCUT2D eigenvalue weighted by Gasteiger charge is -2.30. The van der Waals surface area contributed by atoms with E-state index in [0.29, 0.717) is 17.7 Å². The molecule has 0 aliphatic carbocycles. The van der Waals surface area contributed by atoms with Gasteiger partial charge in [0.25, 0.3) is 0 Å². The van der Waals surface area contributed by atoms with Crippen molar-refractivity contribution < 1.29 is 30.7 Å². The number of benzene rings is 1. The minimum atomic E-state index is -6.14. The highest BCUT2D eigenvalue weighted by molar-refractivity contribution is 6.33. The summed E-state index contributed by atoms with van der Waals surface area (Å²) in [6.45, 7) is 0. The fourth-order valence-corrected chi connectivity index (χ4v) is 2.21. The van der Waals surface area contributed by atoms with Crippen molar-refractivity contribution in [3.63, 3.8) is 0 Å². The third kappa shape index (κ3) is 2.99. The van der Waals surface area contributed by atoms with E-state index in [2.05, 4.69) is 4.98 Å². The Morgan fingerprint density at radius 2 is 1.30 bits per heavy atom. The first-order valence-electron chi connectivity index (χ1n) is 6.01. The standard InChI is InChI=1S/C14H7ClF7N/c15-11-7-23-6-5-10(11)8-1-3-9(4-2-8)12(16,13(17,18)19)14(20,21)22/h1-7H. The summed E-state index contributed by atoms with van der Waals surface area (Å²) in [6.07, 6.45) is -9.67. The third-order valence-corrected chi connectivity index (χ3v) is 3.45. The van der Waals surface area contributed by atoms with Crippen LogP contribution in [0.1, 0.15) is 5.56 Å². The molecule has 0 unspecified atom stereocenters. The predicted molar refractivity (Wildman–Crippen MR) is 69.6 cm³/mol. The Morgan fingerprint density at radius 3 is 1.74 bits per heavy atom. The summed E-state index contributed by atoms with van der Waals surface area (Å²) >= 11 is 5.84. The van der Waals surface area contributed by atoms with Gasteiger partial charge in [-0.25, -0.2) is 4.39 Å². The number of alkyl halides is 7. The zero-order chi connectivity index (χ0) is 17.5. The van der Waals surface area contributed by atoms with Gasteiger partial charge in [-0.05, 0) is 11.6 Å². The van der Waals surface area contributed by atoms with E-state index in [9.17, 15) is 30.7 Å². The smallest absolute Gasteiger partial charge is 0.263 e. The van der Waals surface area contributed by atoms with Crippen molar-refractivity contribution >= 4 is 11.6 Å². The minimum absolute atomic E-state index is 0.151. The van der Waals surface area contributed by atoms with E-state index in [0.717, 1.165) is 12.1 Å². The van der Waals surface area contributed by atoms with Crippen LogP contribution in [0.3, 0.4) is 0 Å². The zero-order valence-electron chi connectivity index (χ0n) is 11.0. The molecular weight excluding hydrogens is 351 g/mol. The molecule has 0 aliphatic rings. The van der Waals surface area contributed by atoms with Gasteiger partial charge in [-0.1, -0.05) is 35.9 Å². The lowest BCUT2D eigenvalue weighted by Crippen LogP contribution is -2.50. The zero-order valence-corrected chi connectivity index (χ0v) is 11.8. The first kappa shape index (κ1) is 17.5. The van der Waals surface area contributed by atoms with Gasteiger partial charge in [0.1, 0.15) is 0 Å². The van der Waals surface area contributed by atoms with Gasteiger partial charge in [-0.3, -0.25) is 4.98 Å². The van der Waals surface area contributed by atoms with Crippen molar-refractivity contribution in [3.8, 4) is 11.1 Å². The maximum absolute atomic E-state index is 13.9. The third-order valence-electron chi connectivity index (χ3n) is 3.15. The summed E-state index contributed by atoms with van der Waals surface area (Å²) in [6, 6.07) is 4.17. The molecule has 1 nitrogen and oxygen atoms in total. The fourth-order valence-electron chi connectivity index (χ4n) is 1.98. The maximum atomic E-state index is 13.9. The van der Waals surface area contributed by atoms with Gasteiger partial charge in [-0.15, -0.1) is 0 Å². The number of hydrogen-bond donors (Lipinski definition) is 0. The van der Waals surface area contributed by atoms with Crippen LogP contribution in [0.25, 0.3) is 11.1 Å². The van der Waals surface area contributed by atoms with E-state index in [4.69, 9.17) is 11.6 Å². The normalized spacial score (nSPS) is 13.2. The van der Waals surface area contributed by atoms with Gasteiger partial charge in [0.2, 0.25) is 0 Å². The van der Waals surface area contributed by atoms with Crippen LogP contribution in [0, 0.1) is 0 Å². The summed E-state index contributed by atoms with van der Waals surface area (Å²) in [5.41, 5.74) is -6.42. The molecule has 1 heterocycles. The Kier molecular flexibility index (Phi) is 4.32. The van der Waals surface area contributed by atoms with Gasteiger partial charge in [-0.2, -0.15) is 26.3 Å². The molecule has 1 aromatic carbocycles. The lowest BCUT2D eigenvalue weighted by molar-refractivity contribution is -0.348. The molecule has 124 valence electrons. The molecule has 0 atom stereocenters. The van der Waals surface area contributed by atoms with Crippen molar-refractivity contribution in [1.82, 2.24) is 4.98 Å². The number of rotatable bonds is 2. The summed E-state index contributed by atoms with van der Waals surface area (Å²) < 4.78 is 89.8. The molecule has 0 N–H and O–H groups in total. The summed E-state index contributed by atoms with van der Waals surface area (Å²) in [5, 5.41) is 0.151. The molecule has 0 bridgehead atoms. The van der Waals surface area contributed by atoms with E-state index in [1.165, 1.54) is 18.5 Å². The predicted octanol–water partition coefficient (Wildman–Crippen LogP) is 5.69. The van der Waals surface area contributed by atoms with E-state index in [-0.39, 0.29) is 10.6 Å². The van der Waals surface area contributed by atoms with Crippen LogP contribution in [-0.2, 0) is 5.67 Å². The first-order valence-corrected chi connectivity index (χ1v) is 6.39. The van der Waals surface area contributed by atoms with Crippen molar-refractivity contribution in [2.45, 2.75) is 18.0 Å². The molecule has 9 heteroatoms. The van der Waals surface area contributed by atoms with Crippen LogP contribution >= 0.6 is 11.6 Å². The number of pyridine rings is 1. The highest BCUT2D eigenvalue weighted by Gasteiger charge is 2.73. The molecule has 0 saturated carbocycles. The molecule has 0 fully saturated rings. The number of hydrogen-bond acceptors (Lipinski definition) is 1. The Morgan fingerprint density at radius 1 is 0.783 bits per heavy atom. The average Bonchev–Trinajstić information content (AvgIpc) is 2.45. The fraction of sp³-hybridized carbons (Fsp3) is 0.214. The van der Waals surface area contributed by atoms with Crippen LogP contribution in [-0.4, -0.2) is 17.3 Å². The van der Waals surface area contributed by atoms with Crippen molar-refractivity contribution in [3.05, 3.63) is 53.3 Å². The summed E-state index contributed by atoms with van der Waals surface area (Å²) in [7, 11) is 0. The monoisotopic (exact) mass is 357 g/mol. The van der Waals surface area contributed by atoms with E-state index < -0.39 is 23.6 Å². The highest BCUT2D eigenvalue weighted by Crippen LogP contribution is 2.53. The Hall–Kier alpha value is -1.83. The van der Waals surface area contributed by atoms with Crippen molar-refractivity contribution in [2.75, 3.05) is 0 Å². The lowest BCUT2D eigenvalue weighted by atomic mass is 9.92. The minimum Gasteiger partial charge on any atom is -0.263 e. The van der Waals surface area contributed by atoms with Crippen LogP contribution in [0.4, 0.5) is 30.7 Å². The highest BCUT2D eigenvalue weighted by atomic mass is 35.5. The van der Waals surface area contributed by atoms with Gasteiger partial charge in [0.15, 0.2) is 0 Å². The largest absolute Gasteiger partial charge is 0.435 e. The van der Waals surface area contributed by atoms with E-state index in [1.807, 2.05) is 0 Å².